The molecule has 0 saturated carbocycles. The molecule has 0 bridgehead atoms. The van der Waals surface area contributed by atoms with E-state index in [2.05, 4.69) is 21.9 Å². The van der Waals surface area contributed by atoms with Gasteiger partial charge in [-0.1, -0.05) is 6.08 Å². The second-order valence-electron chi connectivity index (χ2n) is 2.71. The molecule has 1 aromatic heterocycles. The highest BCUT2D eigenvalue weighted by molar-refractivity contribution is 5.36. The molecule has 1 rings (SSSR count). The number of nitrogens with one attached hydrogen (secondary N) is 1. The maximum atomic E-state index is 8.88. The van der Waals surface area contributed by atoms with Crippen molar-refractivity contribution < 1.29 is 5.11 Å². The monoisotopic (exact) mass is 179 g/mol. The van der Waals surface area contributed by atoms with E-state index in [0.717, 1.165) is 5.69 Å². The van der Waals surface area contributed by atoms with Crippen molar-refractivity contribution in [3.8, 4) is 0 Å². The van der Waals surface area contributed by atoms with Crippen LogP contribution in [0.5, 0.6) is 0 Å². The number of hydrogen-bond acceptors (Lipinski definition) is 4. The summed E-state index contributed by atoms with van der Waals surface area (Å²) in [6.07, 6.45) is 3.12. The average Bonchev–Trinajstić information content (AvgIpc) is 2.14. The highest BCUT2D eigenvalue weighted by Crippen LogP contribution is 2.04. The van der Waals surface area contributed by atoms with Crippen molar-refractivity contribution >= 4 is 5.82 Å². The van der Waals surface area contributed by atoms with Crippen LogP contribution in [-0.2, 0) is 0 Å². The van der Waals surface area contributed by atoms with Crippen molar-refractivity contribution in [1.29, 1.82) is 0 Å². The van der Waals surface area contributed by atoms with Gasteiger partial charge in [0, 0.05) is 11.8 Å². The standard InChI is InChI=1S/C9H13N3O/c1-3-8(5-13)12-9-4-7(2)10-6-11-9/h3-4,6,8,13H,1,5H2,2H3,(H,10,11,12). The Morgan fingerprint density at radius 1 is 1.69 bits per heavy atom. The molecule has 13 heavy (non-hydrogen) atoms. The third-order valence-corrected chi connectivity index (χ3v) is 1.62. The van der Waals surface area contributed by atoms with Gasteiger partial charge in [0.25, 0.3) is 0 Å². The Morgan fingerprint density at radius 2 is 2.46 bits per heavy atom. The molecule has 1 unspecified atom stereocenters. The molecule has 4 heteroatoms. The van der Waals surface area contributed by atoms with Crippen molar-refractivity contribution in [3.63, 3.8) is 0 Å². The number of rotatable bonds is 4. The largest absolute Gasteiger partial charge is 0.394 e. The summed E-state index contributed by atoms with van der Waals surface area (Å²) in [5.74, 6) is 0.700. The number of nitrogens with zero attached hydrogens (tertiary/aromatic N) is 2. The van der Waals surface area contributed by atoms with E-state index < -0.39 is 0 Å². The van der Waals surface area contributed by atoms with Gasteiger partial charge in [-0.3, -0.25) is 0 Å². The molecule has 0 fully saturated rings. The van der Waals surface area contributed by atoms with Gasteiger partial charge in [-0.05, 0) is 6.92 Å². The van der Waals surface area contributed by atoms with Gasteiger partial charge in [-0.15, -0.1) is 6.58 Å². The normalized spacial score (nSPS) is 12.2. The second kappa shape index (κ2) is 4.57. The smallest absolute Gasteiger partial charge is 0.130 e. The molecular weight excluding hydrogens is 166 g/mol. The lowest BCUT2D eigenvalue weighted by Crippen LogP contribution is -2.21. The Labute approximate surface area is 77.3 Å². The number of aliphatic hydroxyl groups excluding tert-OH is 1. The van der Waals surface area contributed by atoms with Crippen LogP contribution in [-0.4, -0.2) is 27.7 Å². The number of aryl methyl sites for hydroxylation is 1. The summed E-state index contributed by atoms with van der Waals surface area (Å²) in [7, 11) is 0. The third kappa shape index (κ3) is 2.83. The van der Waals surface area contributed by atoms with Crippen LogP contribution in [0.25, 0.3) is 0 Å². The summed E-state index contributed by atoms with van der Waals surface area (Å²) in [5, 5.41) is 11.9. The van der Waals surface area contributed by atoms with E-state index in [0.29, 0.717) is 5.82 Å². The molecule has 1 aromatic rings. The quantitative estimate of drug-likeness (QED) is 0.669. The molecule has 1 heterocycles. The van der Waals surface area contributed by atoms with Gasteiger partial charge in [-0.25, -0.2) is 9.97 Å². The fourth-order valence-electron chi connectivity index (χ4n) is 0.903. The number of aliphatic hydroxyl groups is 1. The summed E-state index contributed by atoms with van der Waals surface area (Å²) in [4.78, 5) is 7.95. The average molecular weight is 179 g/mol. The molecule has 4 nitrogen and oxygen atoms in total. The van der Waals surface area contributed by atoms with Gasteiger partial charge in [-0.2, -0.15) is 0 Å². The molecule has 0 aliphatic heterocycles. The van der Waals surface area contributed by atoms with Gasteiger partial charge < -0.3 is 10.4 Å². The lowest BCUT2D eigenvalue weighted by Gasteiger charge is -2.11. The Kier molecular flexibility index (Phi) is 3.40. The molecule has 70 valence electrons. The van der Waals surface area contributed by atoms with E-state index in [-0.39, 0.29) is 12.6 Å². The summed E-state index contributed by atoms with van der Waals surface area (Å²) in [5.41, 5.74) is 0.887. The highest BCUT2D eigenvalue weighted by Gasteiger charge is 2.02. The van der Waals surface area contributed by atoms with E-state index >= 15 is 0 Å². The van der Waals surface area contributed by atoms with Crippen LogP contribution in [0, 0.1) is 6.92 Å². The van der Waals surface area contributed by atoms with Gasteiger partial charge >= 0.3 is 0 Å². The first-order valence-electron chi connectivity index (χ1n) is 4.05. The maximum Gasteiger partial charge on any atom is 0.130 e. The maximum absolute atomic E-state index is 8.88. The van der Waals surface area contributed by atoms with Crippen molar-refractivity contribution in [2.45, 2.75) is 13.0 Å². The topological polar surface area (TPSA) is 58.0 Å². The molecule has 0 saturated heterocycles. The van der Waals surface area contributed by atoms with Crippen LogP contribution in [0.15, 0.2) is 25.0 Å². The first kappa shape index (κ1) is 9.67. The Hall–Kier alpha value is -1.42. The SMILES string of the molecule is C=CC(CO)Nc1cc(C)ncn1. The van der Waals surface area contributed by atoms with Gasteiger partial charge in [0.1, 0.15) is 12.1 Å². The zero-order valence-corrected chi connectivity index (χ0v) is 7.57. The molecule has 1 atom stereocenters. The van der Waals surface area contributed by atoms with Crippen LogP contribution in [0.1, 0.15) is 5.69 Å². The second-order valence-corrected chi connectivity index (χ2v) is 2.71. The molecule has 0 aromatic carbocycles. The molecule has 0 radical (unpaired) electrons. The minimum absolute atomic E-state index is 0.00650. The molecule has 0 spiro atoms. The van der Waals surface area contributed by atoms with Gasteiger partial charge in [0.05, 0.1) is 12.6 Å². The van der Waals surface area contributed by atoms with Crippen molar-refractivity contribution in [3.05, 3.63) is 30.7 Å². The van der Waals surface area contributed by atoms with E-state index in [1.54, 1.807) is 6.08 Å². The minimum Gasteiger partial charge on any atom is -0.394 e. The molecule has 0 aliphatic carbocycles. The van der Waals surface area contributed by atoms with Crippen LogP contribution < -0.4 is 5.32 Å². The van der Waals surface area contributed by atoms with E-state index in [9.17, 15) is 0 Å². The van der Waals surface area contributed by atoms with Crippen molar-refractivity contribution in [2.75, 3.05) is 11.9 Å². The van der Waals surface area contributed by atoms with Crippen LogP contribution in [0.4, 0.5) is 5.82 Å². The van der Waals surface area contributed by atoms with Crippen LogP contribution in [0.3, 0.4) is 0 Å². The fraction of sp³-hybridized carbons (Fsp3) is 0.333. The van der Waals surface area contributed by atoms with Gasteiger partial charge in [0.2, 0.25) is 0 Å². The summed E-state index contributed by atoms with van der Waals surface area (Å²) < 4.78 is 0. The predicted octanol–water partition coefficient (Wildman–Crippen LogP) is 0.744. The number of anilines is 1. The summed E-state index contributed by atoms with van der Waals surface area (Å²) in [6.45, 7) is 5.47. The highest BCUT2D eigenvalue weighted by atomic mass is 16.3. The number of aromatic nitrogens is 2. The fourth-order valence-corrected chi connectivity index (χ4v) is 0.903. The minimum atomic E-state index is -0.158. The van der Waals surface area contributed by atoms with E-state index in [1.165, 1.54) is 6.33 Å². The van der Waals surface area contributed by atoms with Crippen LogP contribution >= 0.6 is 0 Å². The molecule has 0 aliphatic rings. The molecule has 2 N–H and O–H groups in total. The van der Waals surface area contributed by atoms with E-state index in [1.807, 2.05) is 13.0 Å². The lowest BCUT2D eigenvalue weighted by atomic mass is 10.3. The molecule has 0 amide bonds. The predicted molar refractivity (Wildman–Crippen MR) is 51.5 cm³/mol. The van der Waals surface area contributed by atoms with Crippen molar-refractivity contribution in [2.24, 2.45) is 0 Å². The zero-order chi connectivity index (χ0) is 9.68. The summed E-state index contributed by atoms with van der Waals surface area (Å²) >= 11 is 0. The lowest BCUT2D eigenvalue weighted by molar-refractivity contribution is 0.290. The van der Waals surface area contributed by atoms with Crippen LogP contribution in [0.2, 0.25) is 0 Å². The first-order valence-corrected chi connectivity index (χ1v) is 4.05. The summed E-state index contributed by atoms with van der Waals surface area (Å²) in [6, 6.07) is 1.65. The van der Waals surface area contributed by atoms with E-state index in [4.69, 9.17) is 5.11 Å². The Morgan fingerprint density at radius 3 is 3.00 bits per heavy atom. The Balaban J connectivity index is 2.67. The van der Waals surface area contributed by atoms with Crippen molar-refractivity contribution in [1.82, 2.24) is 9.97 Å². The molecular formula is C9H13N3O. The van der Waals surface area contributed by atoms with Gasteiger partial charge in [0.15, 0.2) is 0 Å². The number of hydrogen-bond donors (Lipinski definition) is 2. The third-order valence-electron chi connectivity index (χ3n) is 1.62. The first-order chi connectivity index (χ1) is 6.26. The zero-order valence-electron chi connectivity index (χ0n) is 7.57. The Bertz CT molecular complexity index is 288.